The minimum Gasteiger partial charge on any atom is -0.310 e. The molecule has 1 unspecified atom stereocenters. The lowest BCUT2D eigenvalue weighted by atomic mass is 9.91. The molecule has 0 radical (unpaired) electrons. The van der Waals surface area contributed by atoms with Crippen molar-refractivity contribution in [1.29, 1.82) is 0 Å². The quantitative estimate of drug-likeness (QED) is 0.855. The van der Waals surface area contributed by atoms with Gasteiger partial charge in [0, 0.05) is 24.4 Å². The summed E-state index contributed by atoms with van der Waals surface area (Å²) in [7, 11) is 0. The second-order valence-corrected chi connectivity index (χ2v) is 5.84. The summed E-state index contributed by atoms with van der Waals surface area (Å²) in [5, 5.41) is 3.70. The van der Waals surface area contributed by atoms with Gasteiger partial charge in [-0.15, -0.1) is 0 Å². The van der Waals surface area contributed by atoms with E-state index in [4.69, 9.17) is 0 Å². The highest BCUT2D eigenvalue weighted by molar-refractivity contribution is 5.40. The molecule has 0 amide bonds. The van der Waals surface area contributed by atoms with E-state index in [-0.39, 0.29) is 0 Å². The van der Waals surface area contributed by atoms with Gasteiger partial charge in [-0.25, -0.2) is 0 Å². The van der Waals surface area contributed by atoms with Crippen molar-refractivity contribution >= 4 is 0 Å². The van der Waals surface area contributed by atoms with E-state index in [1.807, 2.05) is 12.3 Å². The lowest BCUT2D eigenvalue weighted by Gasteiger charge is -2.23. The number of pyridine rings is 1. The average molecular weight is 282 g/mol. The first-order valence-electron chi connectivity index (χ1n) is 7.82. The summed E-state index contributed by atoms with van der Waals surface area (Å²) < 4.78 is 0. The maximum Gasteiger partial charge on any atom is 0.0422 e. The Hall–Kier alpha value is -1.67. The van der Waals surface area contributed by atoms with Gasteiger partial charge in [0.05, 0.1) is 0 Å². The lowest BCUT2D eigenvalue weighted by molar-refractivity contribution is 0.520. The summed E-state index contributed by atoms with van der Waals surface area (Å²) in [5.74, 6) is 0. The fraction of sp³-hybridized carbons (Fsp3) is 0.421. The Morgan fingerprint density at radius 3 is 2.38 bits per heavy atom. The van der Waals surface area contributed by atoms with Crippen molar-refractivity contribution in [3.63, 3.8) is 0 Å². The Balaban J connectivity index is 2.32. The van der Waals surface area contributed by atoms with Crippen LogP contribution in [0.3, 0.4) is 0 Å². The van der Waals surface area contributed by atoms with Gasteiger partial charge in [0.1, 0.15) is 0 Å². The van der Waals surface area contributed by atoms with Gasteiger partial charge >= 0.3 is 0 Å². The molecule has 0 bridgehead atoms. The Labute approximate surface area is 128 Å². The Morgan fingerprint density at radius 2 is 1.81 bits per heavy atom. The molecule has 0 spiro atoms. The molecular formula is C19H26N2. The highest BCUT2D eigenvalue weighted by Gasteiger charge is 2.17. The minimum atomic E-state index is 0.334. The molecule has 0 saturated carbocycles. The Morgan fingerprint density at radius 1 is 1.10 bits per heavy atom. The van der Waals surface area contributed by atoms with Crippen LogP contribution in [0, 0.1) is 20.8 Å². The number of aromatic nitrogens is 1. The zero-order valence-electron chi connectivity index (χ0n) is 13.6. The fourth-order valence-electron chi connectivity index (χ4n) is 3.06. The first-order valence-corrected chi connectivity index (χ1v) is 7.82. The predicted molar refractivity (Wildman–Crippen MR) is 89.6 cm³/mol. The van der Waals surface area contributed by atoms with Gasteiger partial charge in [-0.1, -0.05) is 30.7 Å². The number of hydrogen-bond acceptors (Lipinski definition) is 2. The highest BCUT2D eigenvalue weighted by atomic mass is 14.9. The third-order valence-electron chi connectivity index (χ3n) is 3.87. The molecule has 1 aromatic carbocycles. The van der Waals surface area contributed by atoms with E-state index in [1.54, 1.807) is 0 Å². The average Bonchev–Trinajstić information content (AvgIpc) is 2.44. The van der Waals surface area contributed by atoms with E-state index < -0.39 is 0 Å². The van der Waals surface area contributed by atoms with Crippen molar-refractivity contribution in [2.24, 2.45) is 0 Å². The number of nitrogens with zero attached hydrogens (tertiary/aromatic N) is 1. The largest absolute Gasteiger partial charge is 0.310 e. The molecule has 1 atom stereocenters. The first-order chi connectivity index (χ1) is 10.1. The van der Waals surface area contributed by atoms with Crippen molar-refractivity contribution in [3.05, 3.63) is 64.5 Å². The zero-order valence-corrected chi connectivity index (χ0v) is 13.6. The fourth-order valence-corrected chi connectivity index (χ4v) is 3.06. The summed E-state index contributed by atoms with van der Waals surface area (Å²) in [6, 6.07) is 11.0. The normalized spacial score (nSPS) is 12.4. The molecule has 112 valence electrons. The second-order valence-electron chi connectivity index (χ2n) is 5.84. The van der Waals surface area contributed by atoms with E-state index >= 15 is 0 Å². The van der Waals surface area contributed by atoms with Gasteiger partial charge in [-0.2, -0.15) is 0 Å². The maximum absolute atomic E-state index is 4.49. The van der Waals surface area contributed by atoms with Crippen molar-refractivity contribution in [2.45, 2.75) is 46.6 Å². The SMILES string of the molecule is CCCNC(Cc1ccccn1)c1c(C)cc(C)cc1C. The third kappa shape index (κ3) is 4.15. The van der Waals surface area contributed by atoms with Crippen LogP contribution in [-0.2, 0) is 6.42 Å². The summed E-state index contributed by atoms with van der Waals surface area (Å²) in [6.07, 6.45) is 3.95. The van der Waals surface area contributed by atoms with Crippen LogP contribution >= 0.6 is 0 Å². The minimum absolute atomic E-state index is 0.334. The van der Waals surface area contributed by atoms with E-state index in [2.05, 4.69) is 62.3 Å². The van der Waals surface area contributed by atoms with Crippen molar-refractivity contribution in [3.8, 4) is 0 Å². The van der Waals surface area contributed by atoms with Gasteiger partial charge in [0.2, 0.25) is 0 Å². The molecule has 2 aromatic rings. The molecule has 1 heterocycles. The Kier molecular flexibility index (Phi) is 5.51. The summed E-state index contributed by atoms with van der Waals surface area (Å²) in [6.45, 7) is 9.84. The van der Waals surface area contributed by atoms with Crippen LogP contribution in [0.2, 0.25) is 0 Å². The Bertz CT molecular complexity index is 552. The van der Waals surface area contributed by atoms with Crippen LogP contribution < -0.4 is 5.32 Å². The lowest BCUT2D eigenvalue weighted by Crippen LogP contribution is -2.26. The number of nitrogens with one attached hydrogen (secondary N) is 1. The summed E-state index contributed by atoms with van der Waals surface area (Å²) >= 11 is 0. The van der Waals surface area contributed by atoms with Gasteiger partial charge in [-0.3, -0.25) is 4.98 Å². The van der Waals surface area contributed by atoms with E-state index in [0.717, 1.165) is 25.1 Å². The first kappa shape index (κ1) is 15.7. The monoisotopic (exact) mass is 282 g/mol. The van der Waals surface area contributed by atoms with Crippen molar-refractivity contribution < 1.29 is 0 Å². The predicted octanol–water partition coefficient (Wildman–Crippen LogP) is 4.29. The van der Waals surface area contributed by atoms with E-state index in [1.165, 1.54) is 22.3 Å². The molecular weight excluding hydrogens is 256 g/mol. The van der Waals surface area contributed by atoms with Crippen molar-refractivity contribution in [2.75, 3.05) is 6.54 Å². The molecule has 0 aliphatic heterocycles. The topological polar surface area (TPSA) is 24.9 Å². The zero-order chi connectivity index (χ0) is 15.2. The standard InChI is InChI=1S/C19H26N2/c1-5-9-21-18(13-17-8-6-7-10-20-17)19-15(3)11-14(2)12-16(19)4/h6-8,10-12,18,21H,5,9,13H2,1-4H3. The van der Waals surface area contributed by atoms with E-state index in [0.29, 0.717) is 6.04 Å². The molecule has 1 aromatic heterocycles. The van der Waals surface area contributed by atoms with Crippen LogP contribution in [0.15, 0.2) is 36.5 Å². The molecule has 0 fully saturated rings. The number of aryl methyl sites for hydroxylation is 3. The molecule has 0 aliphatic carbocycles. The van der Waals surface area contributed by atoms with Crippen molar-refractivity contribution in [1.82, 2.24) is 10.3 Å². The van der Waals surface area contributed by atoms with Crippen LogP contribution in [0.4, 0.5) is 0 Å². The molecule has 1 N–H and O–H groups in total. The van der Waals surface area contributed by atoms with Gasteiger partial charge < -0.3 is 5.32 Å². The molecule has 0 saturated heterocycles. The summed E-state index contributed by atoms with van der Waals surface area (Å²) in [5.41, 5.74) is 6.65. The number of hydrogen-bond donors (Lipinski definition) is 1. The third-order valence-corrected chi connectivity index (χ3v) is 3.87. The van der Waals surface area contributed by atoms with Crippen LogP contribution in [0.1, 0.15) is 47.3 Å². The molecule has 2 heteroatoms. The molecule has 2 rings (SSSR count). The summed E-state index contributed by atoms with van der Waals surface area (Å²) in [4.78, 5) is 4.49. The molecule has 2 nitrogen and oxygen atoms in total. The highest BCUT2D eigenvalue weighted by Crippen LogP contribution is 2.26. The smallest absolute Gasteiger partial charge is 0.0422 e. The molecule has 0 aliphatic rings. The van der Waals surface area contributed by atoms with Crippen LogP contribution in [0.5, 0.6) is 0 Å². The number of benzene rings is 1. The van der Waals surface area contributed by atoms with Gasteiger partial charge in [0.15, 0.2) is 0 Å². The van der Waals surface area contributed by atoms with Gasteiger partial charge in [-0.05, 0) is 62.6 Å². The molecule has 21 heavy (non-hydrogen) atoms. The number of rotatable bonds is 6. The second kappa shape index (κ2) is 7.37. The maximum atomic E-state index is 4.49. The van der Waals surface area contributed by atoms with Gasteiger partial charge in [0.25, 0.3) is 0 Å². The van der Waals surface area contributed by atoms with Crippen LogP contribution in [0.25, 0.3) is 0 Å². The van der Waals surface area contributed by atoms with Crippen LogP contribution in [-0.4, -0.2) is 11.5 Å². The van der Waals surface area contributed by atoms with E-state index in [9.17, 15) is 0 Å².